The number of aliphatic hydroxyl groups is 1. The van der Waals surface area contributed by atoms with Gasteiger partial charge in [-0.1, -0.05) is 24.3 Å². The van der Waals surface area contributed by atoms with Crippen molar-refractivity contribution in [1.29, 1.82) is 0 Å². The summed E-state index contributed by atoms with van der Waals surface area (Å²) >= 11 is 0. The lowest BCUT2D eigenvalue weighted by Gasteiger charge is -2.30. The van der Waals surface area contributed by atoms with Crippen molar-refractivity contribution in [2.24, 2.45) is 0 Å². The maximum atomic E-state index is 12.2. The molecule has 4 aromatic rings. The Kier molecular flexibility index (Phi) is 7.31. The van der Waals surface area contributed by atoms with Crippen LogP contribution in [0, 0.1) is 0 Å². The zero-order chi connectivity index (χ0) is 25.8. The molecule has 7 nitrogen and oxygen atoms in total. The number of benzene rings is 3. The molecule has 0 saturated carbocycles. The van der Waals surface area contributed by atoms with E-state index in [0.29, 0.717) is 24.3 Å². The van der Waals surface area contributed by atoms with Gasteiger partial charge in [0.25, 0.3) is 0 Å². The van der Waals surface area contributed by atoms with Gasteiger partial charge in [0.05, 0.1) is 12.1 Å². The Labute approximate surface area is 211 Å². The predicted octanol–water partition coefficient (Wildman–Crippen LogP) is 6.50. The number of hydrogen-bond acceptors (Lipinski definition) is 6. The van der Waals surface area contributed by atoms with Crippen LogP contribution in [0.3, 0.4) is 0 Å². The van der Waals surface area contributed by atoms with Crippen molar-refractivity contribution in [1.82, 2.24) is 10.3 Å². The van der Waals surface area contributed by atoms with Crippen molar-refractivity contribution in [3.63, 3.8) is 0 Å². The van der Waals surface area contributed by atoms with Gasteiger partial charge in [-0.25, -0.2) is 9.78 Å². The molecule has 0 aliphatic rings. The first kappa shape index (κ1) is 25.3. The number of nitrogens with one attached hydrogen (secondary N) is 1. The molecule has 0 saturated heterocycles. The Bertz CT molecular complexity index is 1310. The van der Waals surface area contributed by atoms with Crippen LogP contribution < -0.4 is 10.1 Å². The molecular weight excluding hydrogens is 456 g/mol. The summed E-state index contributed by atoms with van der Waals surface area (Å²) in [7, 11) is 0. The molecule has 2 N–H and O–H groups in total. The van der Waals surface area contributed by atoms with Crippen LogP contribution in [0.2, 0.25) is 0 Å². The number of amides is 1. The molecule has 0 aliphatic carbocycles. The van der Waals surface area contributed by atoms with Crippen LogP contribution in [0.1, 0.15) is 39.7 Å². The lowest BCUT2D eigenvalue weighted by molar-refractivity contribution is 0.0407. The van der Waals surface area contributed by atoms with Crippen LogP contribution in [0.4, 0.5) is 4.79 Å². The first-order valence-corrected chi connectivity index (χ1v) is 12.0. The van der Waals surface area contributed by atoms with Crippen molar-refractivity contribution in [2.45, 2.75) is 51.7 Å². The average Bonchev–Trinajstić information content (AvgIpc) is 3.26. The summed E-state index contributed by atoms with van der Waals surface area (Å²) in [6.45, 7) is 7.01. The SMILES string of the molecule is CC(CO)(CCc1ccc2oc(-c3ccc(Oc4ccccc4)cc3)nc2c1)NC(=O)OC(C)(C)C. The monoisotopic (exact) mass is 488 g/mol. The Hall–Kier alpha value is -3.84. The second-order valence-electron chi connectivity index (χ2n) is 10.1. The van der Waals surface area contributed by atoms with E-state index in [1.54, 1.807) is 27.7 Å². The fourth-order valence-electron chi connectivity index (χ4n) is 3.69. The fourth-order valence-corrected chi connectivity index (χ4v) is 3.69. The summed E-state index contributed by atoms with van der Waals surface area (Å²) in [5, 5.41) is 12.7. The third-order valence-corrected chi connectivity index (χ3v) is 5.65. The number of aliphatic hydroxyl groups excluding tert-OH is 1. The molecule has 0 aliphatic heterocycles. The van der Waals surface area contributed by atoms with E-state index >= 15 is 0 Å². The minimum absolute atomic E-state index is 0.202. The molecule has 0 bridgehead atoms. The van der Waals surface area contributed by atoms with Gasteiger partial charge in [0.15, 0.2) is 5.58 Å². The van der Waals surface area contributed by atoms with Crippen LogP contribution in [0.15, 0.2) is 77.2 Å². The van der Waals surface area contributed by atoms with Crippen molar-refractivity contribution in [2.75, 3.05) is 6.61 Å². The lowest BCUT2D eigenvalue weighted by atomic mass is 9.94. The van der Waals surface area contributed by atoms with Crippen molar-refractivity contribution < 1.29 is 23.8 Å². The predicted molar refractivity (Wildman–Crippen MR) is 139 cm³/mol. The van der Waals surface area contributed by atoms with Crippen LogP contribution in [-0.4, -0.2) is 33.9 Å². The number of alkyl carbamates (subject to hydrolysis) is 1. The van der Waals surface area contributed by atoms with Crippen LogP contribution in [-0.2, 0) is 11.2 Å². The summed E-state index contributed by atoms with van der Waals surface area (Å²) in [6, 6.07) is 23.1. The van der Waals surface area contributed by atoms with Gasteiger partial charge >= 0.3 is 6.09 Å². The van der Waals surface area contributed by atoms with Gasteiger partial charge in [0.1, 0.15) is 22.6 Å². The highest BCUT2D eigenvalue weighted by Gasteiger charge is 2.28. The van der Waals surface area contributed by atoms with E-state index in [-0.39, 0.29) is 6.61 Å². The van der Waals surface area contributed by atoms with Gasteiger partial charge in [0.2, 0.25) is 5.89 Å². The third kappa shape index (κ3) is 6.64. The zero-order valence-electron chi connectivity index (χ0n) is 21.1. The molecule has 1 atom stereocenters. The summed E-state index contributed by atoms with van der Waals surface area (Å²) in [6.07, 6.45) is 0.620. The lowest BCUT2D eigenvalue weighted by Crippen LogP contribution is -2.50. The van der Waals surface area contributed by atoms with Gasteiger partial charge < -0.3 is 24.3 Å². The second kappa shape index (κ2) is 10.4. The Morgan fingerprint density at radius 1 is 0.972 bits per heavy atom. The van der Waals surface area contributed by atoms with Crippen molar-refractivity contribution >= 4 is 17.2 Å². The summed E-state index contributed by atoms with van der Waals surface area (Å²) in [5.41, 5.74) is 1.90. The highest BCUT2D eigenvalue weighted by molar-refractivity contribution is 5.77. The molecular formula is C29H32N2O5. The van der Waals surface area contributed by atoms with E-state index in [1.807, 2.05) is 72.8 Å². The standard InChI is InChI=1S/C29H32N2O5/c1-28(2,3)36-27(33)31-29(4,19-32)17-16-20-10-15-25-24(18-20)30-26(35-25)21-11-13-23(14-12-21)34-22-8-6-5-7-9-22/h5-15,18,32H,16-17,19H2,1-4H3,(H,31,33). The first-order chi connectivity index (χ1) is 17.1. The van der Waals surface area contributed by atoms with E-state index in [9.17, 15) is 9.90 Å². The van der Waals surface area contributed by atoms with E-state index in [4.69, 9.17) is 13.9 Å². The second-order valence-corrected chi connectivity index (χ2v) is 10.1. The molecule has 3 aromatic carbocycles. The largest absolute Gasteiger partial charge is 0.457 e. The number of aromatic nitrogens is 1. The number of nitrogens with zero attached hydrogens (tertiary/aromatic N) is 1. The molecule has 1 unspecified atom stereocenters. The minimum Gasteiger partial charge on any atom is -0.457 e. The number of ether oxygens (including phenoxy) is 2. The normalized spacial score (nSPS) is 13.2. The number of oxazole rings is 1. The number of rotatable bonds is 8. The molecule has 1 aromatic heterocycles. The van der Waals surface area contributed by atoms with Gasteiger partial charge in [0, 0.05) is 5.56 Å². The van der Waals surface area contributed by atoms with Crippen molar-refractivity contribution in [3.8, 4) is 23.0 Å². The summed E-state index contributed by atoms with van der Waals surface area (Å²) in [5.74, 6) is 2.04. The number of aryl methyl sites for hydroxylation is 1. The zero-order valence-corrected chi connectivity index (χ0v) is 21.1. The van der Waals surface area contributed by atoms with E-state index < -0.39 is 17.2 Å². The summed E-state index contributed by atoms with van der Waals surface area (Å²) < 4.78 is 17.2. The first-order valence-electron chi connectivity index (χ1n) is 12.0. The number of fused-ring (bicyclic) bond motifs is 1. The minimum atomic E-state index is -0.810. The number of carbonyl (C=O) groups excluding carboxylic acids is 1. The van der Waals surface area contributed by atoms with Crippen LogP contribution >= 0.6 is 0 Å². The van der Waals surface area contributed by atoms with Crippen LogP contribution in [0.5, 0.6) is 11.5 Å². The highest BCUT2D eigenvalue weighted by atomic mass is 16.6. The fraction of sp³-hybridized carbons (Fsp3) is 0.310. The van der Waals surface area contributed by atoms with Gasteiger partial charge in [-0.05, 0) is 94.6 Å². The smallest absolute Gasteiger partial charge is 0.408 e. The average molecular weight is 489 g/mol. The third-order valence-electron chi connectivity index (χ3n) is 5.65. The highest BCUT2D eigenvalue weighted by Crippen LogP contribution is 2.29. The van der Waals surface area contributed by atoms with Crippen LogP contribution in [0.25, 0.3) is 22.6 Å². The van der Waals surface area contributed by atoms with Gasteiger partial charge in [-0.15, -0.1) is 0 Å². The van der Waals surface area contributed by atoms with E-state index in [0.717, 1.165) is 28.1 Å². The van der Waals surface area contributed by atoms with Gasteiger partial charge in [-0.3, -0.25) is 0 Å². The molecule has 0 spiro atoms. The molecule has 0 radical (unpaired) electrons. The number of hydrogen-bond donors (Lipinski definition) is 2. The number of para-hydroxylation sites is 1. The summed E-state index contributed by atoms with van der Waals surface area (Å²) in [4.78, 5) is 16.9. The Morgan fingerprint density at radius 2 is 1.67 bits per heavy atom. The maximum absolute atomic E-state index is 12.2. The van der Waals surface area contributed by atoms with Gasteiger partial charge in [-0.2, -0.15) is 0 Å². The van der Waals surface area contributed by atoms with Crippen molar-refractivity contribution in [3.05, 3.63) is 78.4 Å². The molecule has 36 heavy (non-hydrogen) atoms. The number of carbonyl (C=O) groups is 1. The molecule has 7 heteroatoms. The topological polar surface area (TPSA) is 93.8 Å². The van der Waals surface area contributed by atoms with E-state index in [2.05, 4.69) is 10.3 Å². The molecule has 4 rings (SSSR count). The Morgan fingerprint density at radius 3 is 2.33 bits per heavy atom. The maximum Gasteiger partial charge on any atom is 0.408 e. The molecule has 188 valence electrons. The van der Waals surface area contributed by atoms with E-state index in [1.165, 1.54) is 0 Å². The molecule has 1 heterocycles. The molecule has 1 amide bonds. The quantitative estimate of drug-likeness (QED) is 0.294. The molecule has 0 fully saturated rings. The Balaban J connectivity index is 1.42.